The monoisotopic (exact) mass is 382 g/mol. The van der Waals surface area contributed by atoms with E-state index in [1.165, 1.54) is 17.5 Å². The molecule has 1 aliphatic rings. The van der Waals surface area contributed by atoms with Crippen molar-refractivity contribution in [3.8, 4) is 11.1 Å². The summed E-state index contributed by atoms with van der Waals surface area (Å²) in [5.41, 5.74) is 3.33. The zero-order chi connectivity index (χ0) is 20.1. The van der Waals surface area contributed by atoms with Crippen LogP contribution in [0.3, 0.4) is 0 Å². The molecule has 0 bridgehead atoms. The highest BCUT2D eigenvalue weighted by molar-refractivity contribution is 5.79. The molecule has 1 fully saturated rings. The Morgan fingerprint density at radius 3 is 2.11 bits per heavy atom. The molecule has 3 rings (SSSR count). The Morgan fingerprint density at radius 2 is 1.57 bits per heavy atom. The van der Waals surface area contributed by atoms with E-state index in [0.717, 1.165) is 16.7 Å². The minimum absolute atomic E-state index is 0.295. The fourth-order valence-corrected chi connectivity index (χ4v) is 3.36. The molecule has 2 amide bonds. The molecule has 0 atom stereocenters. The number of hydrogen-bond acceptors (Lipinski definition) is 4. The summed E-state index contributed by atoms with van der Waals surface area (Å²) >= 11 is 0. The number of ether oxygens (including phenoxy) is 1. The van der Waals surface area contributed by atoms with E-state index in [1.54, 1.807) is 0 Å². The topological polar surface area (TPSA) is 78.9 Å². The Hall–Kier alpha value is -2.86. The highest BCUT2D eigenvalue weighted by atomic mass is 16.6. The summed E-state index contributed by atoms with van der Waals surface area (Å²) in [4.78, 5) is 24.7. The van der Waals surface area contributed by atoms with Crippen LogP contribution in [-0.4, -0.2) is 48.8 Å². The summed E-state index contributed by atoms with van der Waals surface area (Å²) in [5.74, 6) is -0.351. The Morgan fingerprint density at radius 1 is 1.04 bits per heavy atom. The highest BCUT2D eigenvalue weighted by Crippen LogP contribution is 2.34. The summed E-state index contributed by atoms with van der Waals surface area (Å²) in [6.45, 7) is 2.52. The number of aliphatic hydroxyl groups is 1. The average molecular weight is 382 g/mol. The maximum atomic E-state index is 12.0. The van der Waals surface area contributed by atoms with Crippen LogP contribution in [0.1, 0.15) is 24.0 Å². The maximum Gasteiger partial charge on any atom is 0.410 e. The van der Waals surface area contributed by atoms with Crippen molar-refractivity contribution in [2.45, 2.75) is 25.4 Å². The van der Waals surface area contributed by atoms with Gasteiger partial charge in [0.25, 0.3) is 5.91 Å². The predicted octanol–water partition coefficient (Wildman–Crippen LogP) is 2.83. The van der Waals surface area contributed by atoms with E-state index in [1.807, 2.05) is 24.3 Å². The zero-order valence-electron chi connectivity index (χ0n) is 16.3. The number of hydrogen-bond donors (Lipinski definition) is 2. The van der Waals surface area contributed by atoms with Gasteiger partial charge in [-0.3, -0.25) is 4.79 Å². The van der Waals surface area contributed by atoms with Gasteiger partial charge in [0.1, 0.15) is 0 Å². The fourth-order valence-electron chi connectivity index (χ4n) is 3.36. The summed E-state index contributed by atoms with van der Waals surface area (Å²) in [7, 11) is 1.49. The van der Waals surface area contributed by atoms with Crippen LogP contribution in [0, 0.1) is 6.92 Å². The Balaban J connectivity index is 1.61. The normalized spacial score (nSPS) is 15.8. The second-order valence-corrected chi connectivity index (χ2v) is 7.19. The van der Waals surface area contributed by atoms with Crippen molar-refractivity contribution < 1.29 is 19.4 Å². The lowest BCUT2D eigenvalue weighted by atomic mass is 9.84. The van der Waals surface area contributed by atoms with Gasteiger partial charge < -0.3 is 20.1 Å². The van der Waals surface area contributed by atoms with Gasteiger partial charge >= 0.3 is 6.09 Å². The Bertz CT molecular complexity index is 823. The molecule has 0 spiro atoms. The molecule has 0 saturated carbocycles. The van der Waals surface area contributed by atoms with Crippen LogP contribution < -0.4 is 5.32 Å². The largest absolute Gasteiger partial charge is 0.439 e. The number of aryl methyl sites for hydroxylation is 1. The molecule has 2 aromatic carbocycles. The number of nitrogens with zero attached hydrogens (tertiary/aromatic N) is 1. The smallest absolute Gasteiger partial charge is 0.410 e. The lowest BCUT2D eigenvalue weighted by Gasteiger charge is -2.38. The third-order valence-corrected chi connectivity index (χ3v) is 5.26. The van der Waals surface area contributed by atoms with Crippen molar-refractivity contribution in [3.05, 3.63) is 59.7 Å². The first-order valence-electron chi connectivity index (χ1n) is 9.43. The van der Waals surface area contributed by atoms with Gasteiger partial charge in [-0.05, 0) is 36.5 Å². The second kappa shape index (κ2) is 8.44. The summed E-state index contributed by atoms with van der Waals surface area (Å²) in [6.07, 6.45) is 0.318. The third kappa shape index (κ3) is 4.51. The lowest BCUT2D eigenvalue weighted by molar-refractivity contribution is -0.124. The van der Waals surface area contributed by atoms with Gasteiger partial charge in [0, 0.05) is 20.1 Å². The molecule has 148 valence electrons. The lowest BCUT2D eigenvalue weighted by Crippen LogP contribution is -2.45. The van der Waals surface area contributed by atoms with Crippen molar-refractivity contribution in [2.24, 2.45) is 0 Å². The molecule has 1 aliphatic heterocycles. The molecular formula is C22H26N2O4. The number of benzene rings is 2. The molecule has 1 saturated heterocycles. The van der Waals surface area contributed by atoms with E-state index in [9.17, 15) is 14.7 Å². The molecule has 6 nitrogen and oxygen atoms in total. The van der Waals surface area contributed by atoms with Crippen molar-refractivity contribution in [1.29, 1.82) is 0 Å². The first-order valence-corrected chi connectivity index (χ1v) is 9.43. The van der Waals surface area contributed by atoms with Crippen LogP contribution in [0.2, 0.25) is 0 Å². The fraction of sp³-hybridized carbons (Fsp3) is 0.364. The molecule has 2 aromatic rings. The minimum Gasteiger partial charge on any atom is -0.439 e. The number of amides is 2. The van der Waals surface area contributed by atoms with Crippen molar-refractivity contribution >= 4 is 12.0 Å². The van der Waals surface area contributed by atoms with Crippen molar-refractivity contribution in [1.82, 2.24) is 10.2 Å². The number of piperidine rings is 1. The highest BCUT2D eigenvalue weighted by Gasteiger charge is 2.36. The molecule has 0 aromatic heterocycles. The predicted molar refractivity (Wildman–Crippen MR) is 107 cm³/mol. The Kier molecular flexibility index (Phi) is 5.99. The Labute approximate surface area is 165 Å². The van der Waals surface area contributed by atoms with Gasteiger partial charge in [-0.25, -0.2) is 4.79 Å². The van der Waals surface area contributed by atoms with Crippen LogP contribution in [0.5, 0.6) is 0 Å². The molecule has 0 unspecified atom stereocenters. The van der Waals surface area contributed by atoms with Gasteiger partial charge in [-0.1, -0.05) is 54.1 Å². The zero-order valence-corrected chi connectivity index (χ0v) is 16.3. The third-order valence-electron chi connectivity index (χ3n) is 5.26. The number of likely N-dealkylation sites (N-methyl/N-ethyl adjacent to an activating group) is 1. The summed E-state index contributed by atoms with van der Waals surface area (Å²) in [6, 6.07) is 16.3. The molecule has 2 N–H and O–H groups in total. The quantitative estimate of drug-likeness (QED) is 0.852. The van der Waals surface area contributed by atoms with E-state index in [-0.39, 0.29) is 12.5 Å². The van der Waals surface area contributed by atoms with Crippen LogP contribution >= 0.6 is 0 Å². The first-order chi connectivity index (χ1) is 13.4. The molecular weight excluding hydrogens is 356 g/mol. The van der Waals surface area contributed by atoms with E-state index in [0.29, 0.717) is 25.9 Å². The number of rotatable bonds is 4. The van der Waals surface area contributed by atoms with Crippen molar-refractivity contribution in [2.75, 3.05) is 26.7 Å². The van der Waals surface area contributed by atoms with Gasteiger partial charge in [-0.2, -0.15) is 0 Å². The maximum absolute atomic E-state index is 12.0. The minimum atomic E-state index is -0.969. The molecule has 1 heterocycles. The van der Waals surface area contributed by atoms with Gasteiger partial charge in [0.2, 0.25) is 0 Å². The van der Waals surface area contributed by atoms with Crippen LogP contribution in [-0.2, 0) is 15.1 Å². The van der Waals surface area contributed by atoms with E-state index in [4.69, 9.17) is 4.74 Å². The van der Waals surface area contributed by atoms with E-state index < -0.39 is 11.7 Å². The number of carbonyl (C=O) groups excluding carboxylic acids is 2. The van der Waals surface area contributed by atoms with Crippen LogP contribution in [0.4, 0.5) is 4.79 Å². The average Bonchev–Trinajstić information content (AvgIpc) is 2.73. The second-order valence-electron chi connectivity index (χ2n) is 7.19. The molecule has 0 radical (unpaired) electrons. The molecule has 28 heavy (non-hydrogen) atoms. The van der Waals surface area contributed by atoms with Gasteiger partial charge in [0.05, 0.1) is 5.60 Å². The first kappa shape index (κ1) is 19.9. The SMILES string of the molecule is CNC(=O)COC(=O)N1CCC(O)(c2ccc(-c3ccc(C)cc3)cc2)CC1. The van der Waals surface area contributed by atoms with E-state index in [2.05, 4.69) is 36.5 Å². The van der Waals surface area contributed by atoms with Crippen molar-refractivity contribution in [3.63, 3.8) is 0 Å². The molecule has 0 aliphatic carbocycles. The summed E-state index contributed by atoms with van der Waals surface area (Å²) < 4.78 is 4.97. The van der Waals surface area contributed by atoms with Gasteiger partial charge in [0.15, 0.2) is 6.61 Å². The van der Waals surface area contributed by atoms with Gasteiger partial charge in [-0.15, -0.1) is 0 Å². The molecule has 6 heteroatoms. The number of nitrogens with one attached hydrogen (secondary N) is 1. The standard InChI is InChI=1S/C22H26N2O4/c1-16-3-5-17(6-4-16)18-7-9-19(10-8-18)22(27)11-13-24(14-12-22)21(26)28-15-20(25)23-2/h3-10,27H,11-15H2,1-2H3,(H,23,25). The van der Waals surface area contributed by atoms with Crippen LogP contribution in [0.15, 0.2) is 48.5 Å². The van der Waals surface area contributed by atoms with E-state index >= 15 is 0 Å². The summed E-state index contributed by atoms with van der Waals surface area (Å²) in [5, 5.41) is 13.5. The number of likely N-dealkylation sites (tertiary alicyclic amines) is 1. The van der Waals surface area contributed by atoms with Crippen LogP contribution in [0.25, 0.3) is 11.1 Å². The number of carbonyl (C=O) groups is 2.